The highest BCUT2D eigenvalue weighted by Crippen LogP contribution is 2.23. The van der Waals surface area contributed by atoms with Crippen molar-refractivity contribution in [2.24, 2.45) is 0 Å². The Morgan fingerprint density at radius 3 is 2.52 bits per heavy atom. The van der Waals surface area contributed by atoms with E-state index in [2.05, 4.69) is 29.0 Å². The Bertz CT molecular complexity index is 598. The number of nitrogens with one attached hydrogen (secondary N) is 1. The molecule has 0 aliphatic carbocycles. The van der Waals surface area contributed by atoms with E-state index >= 15 is 0 Å². The third-order valence-corrected chi connectivity index (χ3v) is 4.92. The van der Waals surface area contributed by atoms with Gasteiger partial charge >= 0.3 is 0 Å². The van der Waals surface area contributed by atoms with Gasteiger partial charge in [-0.2, -0.15) is 0 Å². The highest BCUT2D eigenvalue weighted by atomic mass is 32.1. The molecule has 1 aromatic carbocycles. The minimum atomic E-state index is -0.675. The van der Waals surface area contributed by atoms with Crippen molar-refractivity contribution >= 4 is 16.5 Å². The molecule has 2 unspecified atom stereocenters. The van der Waals surface area contributed by atoms with Crippen LogP contribution in [0.15, 0.2) is 30.5 Å². The first-order valence-electron chi connectivity index (χ1n) is 7.91. The van der Waals surface area contributed by atoms with Gasteiger partial charge in [-0.25, -0.2) is 9.37 Å². The summed E-state index contributed by atoms with van der Waals surface area (Å²) < 4.78 is 12.9. The van der Waals surface area contributed by atoms with Crippen LogP contribution in [-0.4, -0.2) is 29.2 Å². The van der Waals surface area contributed by atoms with Gasteiger partial charge in [0, 0.05) is 36.8 Å². The summed E-state index contributed by atoms with van der Waals surface area (Å²) in [6.07, 6.45) is 1.20. The van der Waals surface area contributed by atoms with E-state index < -0.39 is 6.10 Å². The minimum absolute atomic E-state index is 0.139. The lowest BCUT2D eigenvalue weighted by atomic mass is 10.0. The second-order valence-electron chi connectivity index (χ2n) is 5.45. The zero-order valence-corrected chi connectivity index (χ0v) is 14.6. The summed E-state index contributed by atoms with van der Waals surface area (Å²) >= 11 is 1.66. The molecule has 0 saturated heterocycles. The Kier molecular flexibility index (Phi) is 6.50. The maximum atomic E-state index is 12.9. The first-order chi connectivity index (χ1) is 11.0. The van der Waals surface area contributed by atoms with Crippen LogP contribution in [0, 0.1) is 5.82 Å². The second-order valence-corrected chi connectivity index (χ2v) is 6.54. The molecule has 0 bridgehead atoms. The van der Waals surface area contributed by atoms with E-state index in [1.54, 1.807) is 23.5 Å². The largest absolute Gasteiger partial charge is 0.387 e. The molecule has 2 rings (SSSR count). The van der Waals surface area contributed by atoms with Crippen molar-refractivity contribution in [1.29, 1.82) is 0 Å². The fourth-order valence-corrected chi connectivity index (χ4v) is 3.33. The Hall–Kier alpha value is -1.50. The molecular formula is C17H24FN3OS. The van der Waals surface area contributed by atoms with Crippen molar-refractivity contribution in [2.75, 3.05) is 18.0 Å². The summed E-state index contributed by atoms with van der Waals surface area (Å²) in [5.74, 6) is -0.296. The van der Waals surface area contributed by atoms with E-state index in [0.29, 0.717) is 12.1 Å². The van der Waals surface area contributed by atoms with Gasteiger partial charge < -0.3 is 15.3 Å². The number of anilines is 1. The summed E-state index contributed by atoms with van der Waals surface area (Å²) in [7, 11) is 0. The van der Waals surface area contributed by atoms with Crippen molar-refractivity contribution in [3.05, 3.63) is 46.7 Å². The Labute approximate surface area is 141 Å². The van der Waals surface area contributed by atoms with E-state index in [9.17, 15) is 9.50 Å². The van der Waals surface area contributed by atoms with Crippen LogP contribution in [0.2, 0.25) is 0 Å². The molecule has 0 spiro atoms. The maximum Gasteiger partial charge on any atom is 0.185 e. The lowest BCUT2D eigenvalue weighted by Crippen LogP contribution is -2.31. The van der Waals surface area contributed by atoms with Gasteiger partial charge in [0.1, 0.15) is 5.82 Å². The van der Waals surface area contributed by atoms with Gasteiger partial charge in [-0.3, -0.25) is 0 Å². The van der Waals surface area contributed by atoms with Crippen LogP contribution in [-0.2, 0) is 6.54 Å². The van der Waals surface area contributed by atoms with Crippen molar-refractivity contribution in [2.45, 2.75) is 39.5 Å². The number of nitrogens with zero attached hydrogens (tertiary/aromatic N) is 2. The molecule has 0 saturated carbocycles. The highest BCUT2D eigenvalue weighted by Gasteiger charge is 2.16. The summed E-state index contributed by atoms with van der Waals surface area (Å²) in [6.45, 7) is 8.68. The summed E-state index contributed by atoms with van der Waals surface area (Å²) in [5, 5.41) is 14.7. The van der Waals surface area contributed by atoms with Gasteiger partial charge in [-0.1, -0.05) is 12.1 Å². The van der Waals surface area contributed by atoms with Crippen LogP contribution in [0.4, 0.5) is 9.52 Å². The molecule has 0 fully saturated rings. The van der Waals surface area contributed by atoms with E-state index in [4.69, 9.17) is 0 Å². The smallest absolute Gasteiger partial charge is 0.185 e. The van der Waals surface area contributed by atoms with Gasteiger partial charge in [-0.05, 0) is 38.5 Å². The lowest BCUT2D eigenvalue weighted by molar-refractivity contribution is 0.135. The zero-order chi connectivity index (χ0) is 16.8. The first kappa shape index (κ1) is 17.8. The molecule has 1 aromatic heterocycles. The Balaban J connectivity index is 1.91. The van der Waals surface area contributed by atoms with Crippen molar-refractivity contribution in [3.63, 3.8) is 0 Å². The van der Waals surface area contributed by atoms with Crippen LogP contribution < -0.4 is 10.2 Å². The third-order valence-electron chi connectivity index (χ3n) is 3.86. The Morgan fingerprint density at radius 1 is 1.26 bits per heavy atom. The second kappa shape index (κ2) is 8.38. The molecule has 6 heteroatoms. The molecule has 0 amide bonds. The number of hydrogen-bond donors (Lipinski definition) is 2. The van der Waals surface area contributed by atoms with Gasteiger partial charge in [0.05, 0.1) is 6.10 Å². The van der Waals surface area contributed by atoms with Gasteiger partial charge in [0.2, 0.25) is 0 Å². The highest BCUT2D eigenvalue weighted by molar-refractivity contribution is 7.15. The molecule has 2 atom stereocenters. The Morgan fingerprint density at radius 2 is 1.91 bits per heavy atom. The lowest BCUT2D eigenvalue weighted by Gasteiger charge is -2.20. The molecule has 0 aliphatic rings. The summed E-state index contributed by atoms with van der Waals surface area (Å²) in [4.78, 5) is 7.79. The molecule has 0 aliphatic heterocycles. The van der Waals surface area contributed by atoms with Crippen LogP contribution in [0.1, 0.15) is 37.3 Å². The zero-order valence-electron chi connectivity index (χ0n) is 13.8. The number of thiazole rings is 1. The summed E-state index contributed by atoms with van der Waals surface area (Å²) in [5.41, 5.74) is 0.708. The molecular weight excluding hydrogens is 313 g/mol. The normalized spacial score (nSPS) is 13.8. The minimum Gasteiger partial charge on any atom is -0.387 e. The predicted octanol–water partition coefficient (Wildman–Crippen LogP) is 3.34. The number of hydrogen-bond acceptors (Lipinski definition) is 5. The fraction of sp³-hybridized carbons (Fsp3) is 0.471. The van der Waals surface area contributed by atoms with Crippen LogP contribution in [0.25, 0.3) is 0 Å². The van der Waals surface area contributed by atoms with Crippen LogP contribution in [0.5, 0.6) is 0 Å². The number of halogens is 1. The SMILES string of the molecule is CCN(CC)c1ncc(CNC(C)C(O)c2ccc(F)cc2)s1. The summed E-state index contributed by atoms with van der Waals surface area (Å²) in [6, 6.07) is 5.82. The van der Waals surface area contributed by atoms with Crippen molar-refractivity contribution in [3.8, 4) is 0 Å². The van der Waals surface area contributed by atoms with E-state index in [1.807, 2.05) is 13.1 Å². The maximum absolute atomic E-state index is 12.9. The van der Waals surface area contributed by atoms with E-state index in [0.717, 1.165) is 23.1 Å². The van der Waals surface area contributed by atoms with Crippen LogP contribution >= 0.6 is 11.3 Å². The molecule has 2 N–H and O–H groups in total. The number of aliphatic hydroxyl groups is 1. The molecule has 2 aromatic rings. The standard InChI is InChI=1S/C17H24FN3OS/c1-4-21(5-2)17-20-11-15(23-17)10-19-12(3)16(22)13-6-8-14(18)9-7-13/h6-9,11-12,16,19,22H,4-5,10H2,1-3H3. The quantitative estimate of drug-likeness (QED) is 0.776. The monoisotopic (exact) mass is 337 g/mol. The fourth-order valence-electron chi connectivity index (χ4n) is 2.34. The number of aliphatic hydroxyl groups excluding tert-OH is 1. The number of rotatable bonds is 8. The topological polar surface area (TPSA) is 48.4 Å². The molecule has 0 radical (unpaired) electrons. The van der Waals surface area contributed by atoms with Gasteiger partial charge in [0.25, 0.3) is 0 Å². The molecule has 126 valence electrons. The van der Waals surface area contributed by atoms with E-state index in [-0.39, 0.29) is 11.9 Å². The number of benzene rings is 1. The van der Waals surface area contributed by atoms with Crippen molar-refractivity contribution in [1.82, 2.24) is 10.3 Å². The third kappa shape index (κ3) is 4.73. The number of aromatic nitrogens is 1. The first-order valence-corrected chi connectivity index (χ1v) is 8.73. The van der Waals surface area contributed by atoms with E-state index in [1.165, 1.54) is 12.1 Å². The average Bonchev–Trinajstić information content (AvgIpc) is 3.02. The van der Waals surface area contributed by atoms with Gasteiger partial charge in [0.15, 0.2) is 5.13 Å². The van der Waals surface area contributed by atoms with Crippen LogP contribution in [0.3, 0.4) is 0 Å². The van der Waals surface area contributed by atoms with Gasteiger partial charge in [-0.15, -0.1) is 11.3 Å². The molecule has 1 heterocycles. The van der Waals surface area contributed by atoms with Crippen molar-refractivity contribution < 1.29 is 9.50 Å². The average molecular weight is 337 g/mol. The molecule has 23 heavy (non-hydrogen) atoms. The predicted molar refractivity (Wildman–Crippen MR) is 93.3 cm³/mol. The molecule has 4 nitrogen and oxygen atoms in total.